The van der Waals surface area contributed by atoms with E-state index in [1.165, 1.54) is 0 Å². The smallest absolute Gasteiger partial charge is 0.256 e. The molecular formula is C26H32N4O5. The minimum absolute atomic E-state index is 0.0802. The Morgan fingerprint density at radius 2 is 1.89 bits per heavy atom. The molecule has 3 heterocycles. The zero-order valence-electron chi connectivity index (χ0n) is 20.4. The maximum atomic E-state index is 13.8. The lowest BCUT2D eigenvalue weighted by Crippen LogP contribution is -2.60. The maximum Gasteiger partial charge on any atom is 0.256 e. The van der Waals surface area contributed by atoms with Crippen LogP contribution < -0.4 is 10.1 Å². The summed E-state index contributed by atoms with van der Waals surface area (Å²) in [6.45, 7) is 5.08. The average molecular weight is 481 g/mol. The second kappa shape index (κ2) is 10.4. The quantitative estimate of drug-likeness (QED) is 0.681. The highest BCUT2D eigenvalue weighted by molar-refractivity contribution is 5.98. The fourth-order valence-corrected chi connectivity index (χ4v) is 4.69. The molecule has 0 saturated carbocycles. The highest BCUT2D eigenvalue weighted by Crippen LogP contribution is 2.39. The van der Waals surface area contributed by atoms with Gasteiger partial charge in [0.15, 0.2) is 0 Å². The molecule has 1 aromatic carbocycles. The Hall–Kier alpha value is -3.46. The summed E-state index contributed by atoms with van der Waals surface area (Å²) in [5.41, 5.74) is 0.366. The van der Waals surface area contributed by atoms with E-state index in [1.54, 1.807) is 54.7 Å². The first-order chi connectivity index (χ1) is 16.8. The maximum absolute atomic E-state index is 13.8. The van der Waals surface area contributed by atoms with E-state index in [2.05, 4.69) is 10.3 Å². The molecular weight excluding hydrogens is 448 g/mol. The van der Waals surface area contributed by atoms with Crippen molar-refractivity contribution >= 4 is 17.7 Å². The number of benzene rings is 1. The molecule has 1 unspecified atom stereocenters. The van der Waals surface area contributed by atoms with Gasteiger partial charge in [-0.15, -0.1) is 0 Å². The van der Waals surface area contributed by atoms with Gasteiger partial charge in [0.05, 0.1) is 13.7 Å². The molecule has 2 aliphatic rings. The van der Waals surface area contributed by atoms with Gasteiger partial charge in [-0.1, -0.05) is 19.9 Å². The largest absolute Gasteiger partial charge is 0.497 e. The number of aromatic nitrogens is 1. The van der Waals surface area contributed by atoms with Crippen molar-refractivity contribution in [2.75, 3.05) is 26.8 Å². The predicted octanol–water partition coefficient (Wildman–Crippen LogP) is 2.22. The summed E-state index contributed by atoms with van der Waals surface area (Å²) in [4.78, 5) is 47.0. The van der Waals surface area contributed by atoms with E-state index >= 15 is 0 Å². The Balaban J connectivity index is 1.57. The molecule has 0 aliphatic carbocycles. The van der Waals surface area contributed by atoms with Gasteiger partial charge in [0.2, 0.25) is 11.8 Å². The molecule has 1 atom stereocenters. The average Bonchev–Trinajstić information content (AvgIpc) is 3.26. The molecule has 4 rings (SSSR count). The van der Waals surface area contributed by atoms with Gasteiger partial charge in [0.1, 0.15) is 17.5 Å². The van der Waals surface area contributed by atoms with Gasteiger partial charge in [-0.05, 0) is 35.9 Å². The number of likely N-dealkylation sites (tertiary alicyclic amines) is 1. The molecule has 2 aromatic rings. The van der Waals surface area contributed by atoms with Crippen molar-refractivity contribution < 1.29 is 23.9 Å². The number of methoxy groups -OCH3 is 1. The summed E-state index contributed by atoms with van der Waals surface area (Å²) in [5.74, 6) is 0.0528. The highest BCUT2D eigenvalue weighted by atomic mass is 16.5. The number of hydrogen-bond donors (Lipinski definition) is 1. The molecule has 0 radical (unpaired) electrons. The predicted molar refractivity (Wildman–Crippen MR) is 128 cm³/mol. The summed E-state index contributed by atoms with van der Waals surface area (Å²) in [6, 6.07) is 9.72. The third-order valence-corrected chi connectivity index (χ3v) is 6.66. The molecule has 186 valence electrons. The highest BCUT2D eigenvalue weighted by Gasteiger charge is 2.54. The molecule has 1 spiro atoms. The van der Waals surface area contributed by atoms with Gasteiger partial charge in [-0.2, -0.15) is 0 Å². The van der Waals surface area contributed by atoms with Crippen molar-refractivity contribution in [2.45, 2.75) is 45.0 Å². The van der Waals surface area contributed by atoms with Crippen LogP contribution >= 0.6 is 0 Å². The topological polar surface area (TPSA) is 101 Å². The van der Waals surface area contributed by atoms with E-state index in [0.717, 1.165) is 5.56 Å². The van der Waals surface area contributed by atoms with Crippen molar-refractivity contribution in [1.82, 2.24) is 20.1 Å². The SMILES string of the molecule is COc1ccc(C(=O)N2C(C(=O)NCc3cccnc3)COC23CCN(C(=O)C(C)C)CC3)cc1. The van der Waals surface area contributed by atoms with Crippen LogP contribution in [0.5, 0.6) is 5.75 Å². The van der Waals surface area contributed by atoms with Crippen LogP contribution in [-0.2, 0) is 20.9 Å². The summed E-state index contributed by atoms with van der Waals surface area (Å²) in [7, 11) is 1.56. The van der Waals surface area contributed by atoms with Gasteiger partial charge in [0.25, 0.3) is 5.91 Å². The minimum atomic E-state index is -0.943. The monoisotopic (exact) mass is 480 g/mol. The Morgan fingerprint density at radius 3 is 2.49 bits per heavy atom. The molecule has 9 nitrogen and oxygen atoms in total. The summed E-state index contributed by atoms with van der Waals surface area (Å²) in [5, 5.41) is 2.92. The van der Waals surface area contributed by atoms with Crippen molar-refractivity contribution in [3.05, 3.63) is 59.9 Å². The van der Waals surface area contributed by atoms with E-state index in [9.17, 15) is 14.4 Å². The number of nitrogens with one attached hydrogen (secondary N) is 1. The Kier molecular flexibility index (Phi) is 7.35. The zero-order chi connectivity index (χ0) is 25.0. The second-order valence-electron chi connectivity index (χ2n) is 9.24. The van der Waals surface area contributed by atoms with E-state index < -0.39 is 11.8 Å². The molecule has 0 bridgehead atoms. The minimum Gasteiger partial charge on any atom is -0.497 e. The molecule has 2 saturated heterocycles. The molecule has 3 amide bonds. The first-order valence-corrected chi connectivity index (χ1v) is 11.9. The summed E-state index contributed by atoms with van der Waals surface area (Å²) < 4.78 is 11.4. The fraction of sp³-hybridized carbons (Fsp3) is 0.462. The number of rotatable bonds is 6. The molecule has 2 fully saturated rings. The third kappa shape index (κ3) is 5.14. The standard InChI is InChI=1S/C26H32N4O5/c1-18(2)24(32)29-13-10-26(11-14-29)30(25(33)20-6-8-21(34-3)9-7-20)22(17-35-26)23(31)28-16-19-5-4-12-27-15-19/h4-9,12,15,18,22H,10-11,13-14,16-17H2,1-3H3,(H,28,31). The van der Waals surface area contributed by atoms with Crippen molar-refractivity contribution in [2.24, 2.45) is 5.92 Å². The van der Waals surface area contributed by atoms with E-state index in [-0.39, 0.29) is 30.2 Å². The molecule has 2 aliphatic heterocycles. The van der Waals surface area contributed by atoms with Crippen LogP contribution in [0.3, 0.4) is 0 Å². The second-order valence-corrected chi connectivity index (χ2v) is 9.24. The van der Waals surface area contributed by atoms with Crippen LogP contribution in [-0.4, -0.2) is 71.1 Å². The van der Waals surface area contributed by atoms with Crippen LogP contribution in [0, 0.1) is 5.92 Å². The van der Waals surface area contributed by atoms with Crippen LogP contribution in [0.15, 0.2) is 48.8 Å². The normalized spacial score (nSPS) is 19.1. The number of amides is 3. The van der Waals surface area contributed by atoms with Crippen LogP contribution in [0.25, 0.3) is 0 Å². The van der Waals surface area contributed by atoms with E-state index in [1.807, 2.05) is 24.8 Å². The van der Waals surface area contributed by atoms with Gasteiger partial charge in [-0.25, -0.2) is 0 Å². The fourth-order valence-electron chi connectivity index (χ4n) is 4.69. The number of hydrogen-bond acceptors (Lipinski definition) is 6. The van der Waals surface area contributed by atoms with Crippen LogP contribution in [0.2, 0.25) is 0 Å². The first-order valence-electron chi connectivity index (χ1n) is 11.9. The van der Waals surface area contributed by atoms with Gasteiger partial charge >= 0.3 is 0 Å². The van der Waals surface area contributed by atoms with Crippen LogP contribution in [0.4, 0.5) is 0 Å². The Labute approximate surface area is 205 Å². The van der Waals surface area contributed by atoms with Crippen LogP contribution in [0.1, 0.15) is 42.6 Å². The Morgan fingerprint density at radius 1 is 1.17 bits per heavy atom. The van der Waals surface area contributed by atoms with Gasteiger partial charge in [-0.3, -0.25) is 24.3 Å². The number of ether oxygens (including phenoxy) is 2. The zero-order valence-corrected chi connectivity index (χ0v) is 20.4. The molecule has 1 N–H and O–H groups in total. The van der Waals surface area contributed by atoms with Crippen molar-refractivity contribution in [3.63, 3.8) is 0 Å². The van der Waals surface area contributed by atoms with E-state index in [0.29, 0.717) is 43.8 Å². The number of pyridine rings is 1. The molecule has 35 heavy (non-hydrogen) atoms. The summed E-state index contributed by atoms with van der Waals surface area (Å²) in [6.07, 6.45) is 4.25. The lowest BCUT2D eigenvalue weighted by atomic mass is 9.95. The number of piperidine rings is 1. The molecule has 9 heteroatoms. The van der Waals surface area contributed by atoms with Crippen molar-refractivity contribution in [3.8, 4) is 5.75 Å². The Bertz CT molecular complexity index is 1050. The molecule has 1 aromatic heterocycles. The first kappa shape index (κ1) is 24.7. The van der Waals surface area contributed by atoms with Crippen molar-refractivity contribution in [1.29, 1.82) is 0 Å². The number of nitrogens with zero attached hydrogens (tertiary/aromatic N) is 3. The lowest BCUT2D eigenvalue weighted by molar-refractivity contribution is -0.146. The lowest BCUT2D eigenvalue weighted by Gasteiger charge is -2.44. The van der Waals surface area contributed by atoms with E-state index in [4.69, 9.17) is 9.47 Å². The summed E-state index contributed by atoms with van der Waals surface area (Å²) >= 11 is 0. The number of carbonyl (C=O) groups excluding carboxylic acids is 3. The third-order valence-electron chi connectivity index (χ3n) is 6.66. The van der Waals surface area contributed by atoms with Gasteiger partial charge < -0.3 is 19.7 Å². The number of carbonyl (C=O) groups is 3. The van der Waals surface area contributed by atoms with Gasteiger partial charge in [0, 0.05) is 56.4 Å².